The molecule has 0 bridgehead atoms. The Balaban J connectivity index is 1.18. The first-order valence-corrected chi connectivity index (χ1v) is 11.2. The minimum atomic E-state index is 0.123. The minimum Gasteiger partial charge on any atom is -0.328 e. The molecule has 1 N–H and O–H groups in total. The summed E-state index contributed by atoms with van der Waals surface area (Å²) in [6, 6.07) is 24.6. The Hall–Kier alpha value is -3.51. The lowest BCUT2D eigenvalue weighted by Crippen LogP contribution is -3.13. The predicted octanol–water partition coefficient (Wildman–Crippen LogP) is 2.33. The third-order valence-electron chi connectivity index (χ3n) is 6.25. The number of hydrogen-bond acceptors (Lipinski definition) is 3. The summed E-state index contributed by atoms with van der Waals surface area (Å²) in [7, 11) is 0. The van der Waals surface area contributed by atoms with Crippen molar-refractivity contribution in [3.05, 3.63) is 95.1 Å². The van der Waals surface area contributed by atoms with Gasteiger partial charge in [0.25, 0.3) is 5.91 Å². The molecule has 4 aromatic rings. The number of rotatable bonds is 5. The number of aromatic nitrogens is 3. The van der Waals surface area contributed by atoms with Gasteiger partial charge in [-0.2, -0.15) is 0 Å². The molecule has 0 unspecified atom stereocenters. The van der Waals surface area contributed by atoms with E-state index in [9.17, 15) is 4.79 Å². The molecule has 0 radical (unpaired) electrons. The van der Waals surface area contributed by atoms with E-state index in [4.69, 9.17) is 0 Å². The summed E-state index contributed by atoms with van der Waals surface area (Å²) in [6.45, 7) is 7.36. The molecular formula is C26H28N5O+. The first kappa shape index (κ1) is 20.4. The van der Waals surface area contributed by atoms with Crippen molar-refractivity contribution in [1.29, 1.82) is 0 Å². The van der Waals surface area contributed by atoms with Gasteiger partial charge in [-0.05, 0) is 36.8 Å². The van der Waals surface area contributed by atoms with Crippen LogP contribution in [-0.2, 0) is 13.1 Å². The topological polar surface area (TPSA) is 55.5 Å². The summed E-state index contributed by atoms with van der Waals surface area (Å²) in [4.78, 5) is 16.5. The standard InChI is InChI=1S/C26H27N5O/c1-20-5-4-6-22(17-20)18-29-13-15-30(16-14-29)26(32)23-11-9-21(10-12-23)19-31-25-8-3-2-7-24(25)27-28-31/h2-12,17H,13-16,18-19H2,1H3/p+1. The molecule has 0 aliphatic carbocycles. The van der Waals surface area contributed by atoms with E-state index in [2.05, 4.69) is 41.5 Å². The van der Waals surface area contributed by atoms with Gasteiger partial charge >= 0.3 is 0 Å². The molecule has 6 heteroatoms. The van der Waals surface area contributed by atoms with E-state index in [1.54, 1.807) is 0 Å². The maximum absolute atomic E-state index is 13.0. The molecule has 32 heavy (non-hydrogen) atoms. The zero-order valence-electron chi connectivity index (χ0n) is 18.4. The van der Waals surface area contributed by atoms with Crippen LogP contribution < -0.4 is 4.90 Å². The number of hydrogen-bond donors (Lipinski definition) is 1. The average Bonchev–Trinajstić information content (AvgIpc) is 3.22. The highest BCUT2D eigenvalue weighted by atomic mass is 16.2. The number of benzene rings is 3. The van der Waals surface area contributed by atoms with E-state index in [0.717, 1.165) is 54.9 Å². The van der Waals surface area contributed by atoms with Gasteiger partial charge in [0.1, 0.15) is 12.1 Å². The monoisotopic (exact) mass is 426 g/mol. The lowest BCUT2D eigenvalue weighted by molar-refractivity contribution is -0.917. The fraction of sp³-hybridized carbons (Fsp3) is 0.269. The SMILES string of the molecule is Cc1cccc(C[NH+]2CCN(C(=O)c3ccc(Cn4nnc5ccccc54)cc3)CC2)c1. The molecule has 1 aliphatic rings. The molecule has 2 heterocycles. The first-order chi connectivity index (χ1) is 15.7. The van der Waals surface area contributed by atoms with E-state index < -0.39 is 0 Å². The van der Waals surface area contributed by atoms with Gasteiger partial charge in [0.15, 0.2) is 0 Å². The van der Waals surface area contributed by atoms with Gasteiger partial charge < -0.3 is 9.80 Å². The molecule has 3 aromatic carbocycles. The fourth-order valence-corrected chi connectivity index (χ4v) is 4.46. The van der Waals surface area contributed by atoms with Crippen molar-refractivity contribution in [2.24, 2.45) is 0 Å². The lowest BCUT2D eigenvalue weighted by atomic mass is 10.1. The highest BCUT2D eigenvalue weighted by molar-refractivity contribution is 5.94. The Morgan fingerprint density at radius 1 is 0.938 bits per heavy atom. The number of carbonyl (C=O) groups excluding carboxylic acids is 1. The molecule has 6 nitrogen and oxygen atoms in total. The number of fused-ring (bicyclic) bond motifs is 1. The smallest absolute Gasteiger partial charge is 0.254 e. The molecule has 162 valence electrons. The van der Waals surface area contributed by atoms with Crippen LogP contribution in [-0.4, -0.2) is 52.0 Å². The van der Waals surface area contributed by atoms with E-state index in [1.807, 2.05) is 58.1 Å². The van der Waals surface area contributed by atoms with E-state index in [-0.39, 0.29) is 5.91 Å². The van der Waals surface area contributed by atoms with Crippen LogP contribution in [0.3, 0.4) is 0 Å². The van der Waals surface area contributed by atoms with Crippen molar-refractivity contribution in [1.82, 2.24) is 19.9 Å². The van der Waals surface area contributed by atoms with Gasteiger partial charge in [-0.25, -0.2) is 4.68 Å². The molecular weight excluding hydrogens is 398 g/mol. The normalized spacial score (nSPS) is 14.7. The highest BCUT2D eigenvalue weighted by Crippen LogP contribution is 2.14. The largest absolute Gasteiger partial charge is 0.328 e. The molecule has 1 aliphatic heterocycles. The summed E-state index contributed by atoms with van der Waals surface area (Å²) in [5.41, 5.74) is 6.43. The minimum absolute atomic E-state index is 0.123. The zero-order valence-corrected chi connectivity index (χ0v) is 18.4. The Bertz CT molecular complexity index is 1220. The summed E-state index contributed by atoms with van der Waals surface area (Å²) in [5.74, 6) is 0.123. The van der Waals surface area contributed by atoms with Crippen molar-refractivity contribution in [3.8, 4) is 0 Å². The Morgan fingerprint density at radius 3 is 2.50 bits per heavy atom. The maximum Gasteiger partial charge on any atom is 0.254 e. The number of aryl methyl sites for hydroxylation is 1. The number of quaternary nitrogens is 1. The van der Waals surface area contributed by atoms with E-state index in [0.29, 0.717) is 6.54 Å². The van der Waals surface area contributed by atoms with E-state index >= 15 is 0 Å². The van der Waals surface area contributed by atoms with Crippen LogP contribution >= 0.6 is 0 Å². The number of nitrogens with one attached hydrogen (secondary N) is 1. The quantitative estimate of drug-likeness (QED) is 0.533. The van der Waals surface area contributed by atoms with Gasteiger partial charge in [-0.15, -0.1) is 5.10 Å². The zero-order chi connectivity index (χ0) is 21.9. The van der Waals surface area contributed by atoms with Crippen molar-refractivity contribution in [3.63, 3.8) is 0 Å². The van der Waals surface area contributed by atoms with E-state index in [1.165, 1.54) is 16.0 Å². The molecule has 0 saturated carbocycles. The van der Waals surface area contributed by atoms with Crippen molar-refractivity contribution in [2.45, 2.75) is 20.0 Å². The second-order valence-corrected chi connectivity index (χ2v) is 8.64. The highest BCUT2D eigenvalue weighted by Gasteiger charge is 2.24. The molecule has 1 saturated heterocycles. The number of amides is 1. The van der Waals surface area contributed by atoms with Crippen LogP contribution in [0.5, 0.6) is 0 Å². The molecule has 1 fully saturated rings. The van der Waals surface area contributed by atoms with Gasteiger partial charge in [0.2, 0.25) is 0 Å². The predicted molar refractivity (Wildman–Crippen MR) is 125 cm³/mol. The van der Waals surface area contributed by atoms with Crippen LogP contribution in [0.15, 0.2) is 72.8 Å². The van der Waals surface area contributed by atoms with Gasteiger partial charge in [-0.1, -0.05) is 59.3 Å². The summed E-state index contributed by atoms with van der Waals surface area (Å²) < 4.78 is 1.89. The first-order valence-electron chi connectivity index (χ1n) is 11.2. The molecule has 0 spiro atoms. The Kier molecular flexibility index (Phi) is 5.69. The number of nitrogens with zero attached hydrogens (tertiary/aromatic N) is 4. The maximum atomic E-state index is 13.0. The molecule has 5 rings (SSSR count). The van der Waals surface area contributed by atoms with Gasteiger partial charge in [-0.3, -0.25) is 4.79 Å². The van der Waals surface area contributed by atoms with Crippen LogP contribution in [0.2, 0.25) is 0 Å². The third kappa shape index (κ3) is 4.41. The second kappa shape index (κ2) is 8.93. The molecule has 1 aromatic heterocycles. The van der Waals surface area contributed by atoms with Crippen molar-refractivity contribution in [2.75, 3.05) is 26.2 Å². The van der Waals surface area contributed by atoms with Gasteiger partial charge in [0.05, 0.1) is 38.2 Å². The molecule has 0 atom stereocenters. The Labute approximate surface area is 188 Å². The van der Waals surface area contributed by atoms with Gasteiger partial charge in [0, 0.05) is 11.1 Å². The van der Waals surface area contributed by atoms with Crippen molar-refractivity contribution < 1.29 is 9.69 Å². The lowest BCUT2D eigenvalue weighted by Gasteiger charge is -2.32. The Morgan fingerprint density at radius 2 is 1.72 bits per heavy atom. The van der Waals surface area contributed by atoms with Crippen LogP contribution in [0.25, 0.3) is 11.0 Å². The third-order valence-corrected chi connectivity index (χ3v) is 6.25. The van der Waals surface area contributed by atoms with Crippen LogP contribution in [0.4, 0.5) is 0 Å². The summed E-state index contributed by atoms with van der Waals surface area (Å²) in [6.07, 6.45) is 0. The summed E-state index contributed by atoms with van der Waals surface area (Å²) >= 11 is 0. The summed E-state index contributed by atoms with van der Waals surface area (Å²) in [5, 5.41) is 8.46. The fourth-order valence-electron chi connectivity index (χ4n) is 4.46. The van der Waals surface area contributed by atoms with Crippen LogP contribution in [0.1, 0.15) is 27.0 Å². The number of para-hydroxylation sites is 1. The number of piperazine rings is 1. The van der Waals surface area contributed by atoms with Crippen LogP contribution in [0, 0.1) is 6.92 Å². The average molecular weight is 427 g/mol. The number of carbonyl (C=O) groups is 1. The molecule has 1 amide bonds. The second-order valence-electron chi connectivity index (χ2n) is 8.64. The van der Waals surface area contributed by atoms with Crippen molar-refractivity contribution >= 4 is 16.9 Å².